The van der Waals surface area contributed by atoms with Crippen LogP contribution in [-0.2, 0) is 0 Å². The largest absolute Gasteiger partial charge is 0.336 e. The number of hydrogen-bond donors (Lipinski definition) is 2. The fourth-order valence-corrected chi connectivity index (χ4v) is 0.987. The summed E-state index contributed by atoms with van der Waals surface area (Å²) < 4.78 is 0. The van der Waals surface area contributed by atoms with Gasteiger partial charge in [0.25, 0.3) is 0 Å². The smallest absolute Gasteiger partial charge is 0.315 e. The van der Waals surface area contributed by atoms with E-state index in [0.717, 1.165) is 11.9 Å². The van der Waals surface area contributed by atoms with E-state index in [0.29, 0.717) is 0 Å². The highest BCUT2D eigenvalue weighted by molar-refractivity contribution is 9.09. The lowest BCUT2D eigenvalue weighted by Crippen LogP contribution is -2.27. The second kappa shape index (κ2) is 2.35. The van der Waals surface area contributed by atoms with E-state index < -0.39 is 0 Å². The molecule has 1 aliphatic rings. The minimum atomic E-state index is -0.0607. The first-order valence-corrected chi connectivity index (χ1v) is 3.55. The first kappa shape index (κ1) is 5.88. The summed E-state index contributed by atoms with van der Waals surface area (Å²) in [5.74, 6) is 0. The summed E-state index contributed by atoms with van der Waals surface area (Å²) in [7, 11) is 0. The normalized spacial score (nSPS) is 27.1. The number of amides is 2. The van der Waals surface area contributed by atoms with Crippen LogP contribution in [0.1, 0.15) is 0 Å². The van der Waals surface area contributed by atoms with Crippen LogP contribution in [0, 0.1) is 0 Å². The molecule has 1 saturated heterocycles. The van der Waals surface area contributed by atoms with E-state index in [9.17, 15) is 4.79 Å². The lowest BCUT2D eigenvalue weighted by Gasteiger charge is -1.98. The van der Waals surface area contributed by atoms with Gasteiger partial charge in [0.05, 0.1) is 6.04 Å². The molecule has 0 aliphatic carbocycles. The molecular formula is C4H7BrN2O. The van der Waals surface area contributed by atoms with Gasteiger partial charge in [0, 0.05) is 11.9 Å². The Bertz CT molecular complexity index is 106. The quantitative estimate of drug-likeness (QED) is 0.549. The minimum Gasteiger partial charge on any atom is -0.336 e. The van der Waals surface area contributed by atoms with Gasteiger partial charge in [-0.1, -0.05) is 15.9 Å². The van der Waals surface area contributed by atoms with Crippen molar-refractivity contribution in [1.82, 2.24) is 10.6 Å². The van der Waals surface area contributed by atoms with Gasteiger partial charge in [0.2, 0.25) is 0 Å². The molecule has 1 rings (SSSR count). The number of carbonyl (C=O) groups excluding carboxylic acids is 1. The highest BCUT2D eigenvalue weighted by atomic mass is 79.9. The molecule has 2 N–H and O–H groups in total. The van der Waals surface area contributed by atoms with Crippen molar-refractivity contribution in [3.63, 3.8) is 0 Å². The van der Waals surface area contributed by atoms with Crippen LogP contribution in [0.3, 0.4) is 0 Å². The van der Waals surface area contributed by atoms with Crippen LogP contribution in [0.2, 0.25) is 0 Å². The minimum absolute atomic E-state index is 0.0607. The molecule has 0 aromatic rings. The second-order valence-electron chi connectivity index (χ2n) is 1.71. The molecule has 3 nitrogen and oxygen atoms in total. The lowest BCUT2D eigenvalue weighted by molar-refractivity contribution is 0.247. The monoisotopic (exact) mass is 178 g/mol. The summed E-state index contributed by atoms with van der Waals surface area (Å²) in [6.45, 7) is 0.740. The van der Waals surface area contributed by atoms with Crippen molar-refractivity contribution in [2.24, 2.45) is 0 Å². The predicted molar refractivity (Wildman–Crippen MR) is 34.1 cm³/mol. The fraction of sp³-hybridized carbons (Fsp3) is 0.750. The third-order valence-electron chi connectivity index (χ3n) is 1.03. The molecule has 0 aromatic heterocycles. The zero-order valence-corrected chi connectivity index (χ0v) is 5.86. The topological polar surface area (TPSA) is 41.1 Å². The summed E-state index contributed by atoms with van der Waals surface area (Å²) >= 11 is 3.25. The van der Waals surface area contributed by atoms with E-state index >= 15 is 0 Å². The first-order valence-electron chi connectivity index (χ1n) is 2.43. The highest BCUT2D eigenvalue weighted by Crippen LogP contribution is 1.93. The Balaban J connectivity index is 2.32. The molecule has 1 heterocycles. The molecule has 0 aromatic carbocycles. The van der Waals surface area contributed by atoms with Crippen molar-refractivity contribution in [1.29, 1.82) is 0 Å². The summed E-state index contributed by atoms with van der Waals surface area (Å²) in [5.41, 5.74) is 0. The van der Waals surface area contributed by atoms with Crippen molar-refractivity contribution in [2.75, 3.05) is 11.9 Å². The van der Waals surface area contributed by atoms with Crippen molar-refractivity contribution < 1.29 is 4.79 Å². The van der Waals surface area contributed by atoms with E-state index in [1.807, 2.05) is 0 Å². The Labute approximate surface area is 56.0 Å². The van der Waals surface area contributed by atoms with Gasteiger partial charge in [-0.2, -0.15) is 0 Å². The Kier molecular flexibility index (Phi) is 1.73. The van der Waals surface area contributed by atoms with Gasteiger partial charge in [-0.3, -0.25) is 0 Å². The Morgan fingerprint density at radius 1 is 1.88 bits per heavy atom. The van der Waals surface area contributed by atoms with Crippen LogP contribution in [-0.4, -0.2) is 23.9 Å². The zero-order valence-electron chi connectivity index (χ0n) is 4.28. The number of urea groups is 1. The van der Waals surface area contributed by atoms with Gasteiger partial charge >= 0.3 is 6.03 Å². The SMILES string of the molecule is O=C1NCC(CBr)N1. The standard InChI is InChI=1S/C4H7BrN2O/c5-1-3-2-6-4(8)7-3/h3H,1-2H2,(H2,6,7,8). The van der Waals surface area contributed by atoms with Crippen molar-refractivity contribution >= 4 is 22.0 Å². The number of hydrogen-bond acceptors (Lipinski definition) is 1. The van der Waals surface area contributed by atoms with Gasteiger partial charge in [0.15, 0.2) is 0 Å². The van der Waals surface area contributed by atoms with Gasteiger partial charge in [-0.05, 0) is 0 Å². The molecule has 0 bridgehead atoms. The lowest BCUT2D eigenvalue weighted by atomic mass is 10.4. The molecule has 2 amide bonds. The highest BCUT2D eigenvalue weighted by Gasteiger charge is 2.17. The third kappa shape index (κ3) is 1.12. The van der Waals surface area contributed by atoms with Gasteiger partial charge in [-0.25, -0.2) is 4.79 Å². The van der Waals surface area contributed by atoms with E-state index in [4.69, 9.17) is 0 Å². The molecule has 0 saturated carbocycles. The average Bonchev–Trinajstić information content (AvgIpc) is 2.14. The Morgan fingerprint density at radius 2 is 2.62 bits per heavy atom. The summed E-state index contributed by atoms with van der Waals surface area (Å²) in [4.78, 5) is 10.4. The van der Waals surface area contributed by atoms with E-state index in [-0.39, 0.29) is 12.1 Å². The maximum Gasteiger partial charge on any atom is 0.315 e. The maximum absolute atomic E-state index is 10.4. The molecule has 4 heteroatoms. The summed E-state index contributed by atoms with van der Waals surface area (Å²) in [6.07, 6.45) is 0. The van der Waals surface area contributed by atoms with Crippen molar-refractivity contribution in [3.05, 3.63) is 0 Å². The van der Waals surface area contributed by atoms with Crippen LogP contribution in [0.15, 0.2) is 0 Å². The van der Waals surface area contributed by atoms with Gasteiger partial charge < -0.3 is 10.6 Å². The van der Waals surface area contributed by atoms with Crippen LogP contribution >= 0.6 is 15.9 Å². The third-order valence-corrected chi connectivity index (χ3v) is 1.81. The van der Waals surface area contributed by atoms with E-state index in [1.165, 1.54) is 0 Å². The molecule has 1 aliphatic heterocycles. The first-order chi connectivity index (χ1) is 3.83. The molecule has 46 valence electrons. The fourth-order valence-electron chi connectivity index (χ4n) is 0.596. The van der Waals surface area contributed by atoms with Gasteiger partial charge in [0.1, 0.15) is 0 Å². The molecule has 1 fully saturated rings. The van der Waals surface area contributed by atoms with Crippen molar-refractivity contribution in [3.8, 4) is 0 Å². The Morgan fingerprint density at radius 3 is 2.88 bits per heavy atom. The number of rotatable bonds is 1. The number of alkyl halides is 1. The van der Waals surface area contributed by atoms with Crippen molar-refractivity contribution in [2.45, 2.75) is 6.04 Å². The average molecular weight is 179 g/mol. The number of carbonyl (C=O) groups is 1. The predicted octanol–water partition coefficient (Wildman–Crippen LogP) is 0.0627. The second-order valence-corrected chi connectivity index (χ2v) is 2.35. The van der Waals surface area contributed by atoms with E-state index in [1.54, 1.807) is 0 Å². The Hall–Kier alpha value is -0.250. The van der Waals surface area contributed by atoms with Crippen LogP contribution in [0.5, 0.6) is 0 Å². The van der Waals surface area contributed by atoms with Gasteiger partial charge in [-0.15, -0.1) is 0 Å². The molecule has 0 radical (unpaired) electrons. The number of nitrogens with one attached hydrogen (secondary N) is 2. The van der Waals surface area contributed by atoms with Crippen LogP contribution < -0.4 is 10.6 Å². The van der Waals surface area contributed by atoms with Crippen LogP contribution in [0.4, 0.5) is 4.79 Å². The molecule has 1 unspecified atom stereocenters. The zero-order chi connectivity index (χ0) is 5.98. The number of halogens is 1. The summed E-state index contributed by atoms with van der Waals surface area (Å²) in [5, 5.41) is 6.17. The maximum atomic E-state index is 10.4. The molecule has 1 atom stereocenters. The van der Waals surface area contributed by atoms with E-state index in [2.05, 4.69) is 26.6 Å². The van der Waals surface area contributed by atoms with Crippen LogP contribution in [0.25, 0.3) is 0 Å². The molecule has 0 spiro atoms. The summed E-state index contributed by atoms with van der Waals surface area (Å²) in [6, 6.07) is 0.219. The molecule has 8 heavy (non-hydrogen) atoms. The molecular weight excluding hydrogens is 172 g/mol.